The number of benzene rings is 1. The Bertz CT molecular complexity index is 1130. The van der Waals surface area contributed by atoms with Gasteiger partial charge in [-0.05, 0) is 43.0 Å². The van der Waals surface area contributed by atoms with Gasteiger partial charge in [0, 0.05) is 42.0 Å². The highest BCUT2D eigenvalue weighted by atomic mass is 16.5. The Balaban J connectivity index is 1.58. The summed E-state index contributed by atoms with van der Waals surface area (Å²) < 4.78 is 5.30. The minimum Gasteiger partial charge on any atom is -0.380 e. The fourth-order valence-electron chi connectivity index (χ4n) is 4.97. The number of nitrogens with zero attached hydrogens (tertiary/aromatic N) is 4. The van der Waals surface area contributed by atoms with E-state index in [1.165, 1.54) is 5.56 Å². The molecule has 0 bridgehead atoms. The Morgan fingerprint density at radius 1 is 1.09 bits per heavy atom. The van der Waals surface area contributed by atoms with Crippen molar-refractivity contribution >= 4 is 0 Å². The van der Waals surface area contributed by atoms with E-state index in [4.69, 9.17) is 4.52 Å². The molecule has 0 radical (unpaired) electrons. The van der Waals surface area contributed by atoms with Crippen LogP contribution in [0, 0.1) is 5.41 Å². The summed E-state index contributed by atoms with van der Waals surface area (Å²) in [5, 5.41) is 26.6. The molecule has 3 aromatic rings. The van der Waals surface area contributed by atoms with E-state index in [1.54, 1.807) is 12.4 Å². The molecule has 1 aromatic carbocycles. The summed E-state index contributed by atoms with van der Waals surface area (Å²) in [7, 11) is 2.06. The fourth-order valence-corrected chi connectivity index (χ4v) is 4.97. The predicted molar refractivity (Wildman–Crippen MR) is 120 cm³/mol. The number of hydrogen-bond donors (Lipinski definition) is 2. The molecule has 1 aliphatic heterocycles. The van der Waals surface area contributed by atoms with Crippen molar-refractivity contribution in [2.24, 2.45) is 5.41 Å². The minimum absolute atomic E-state index is 0.241. The molecule has 3 heterocycles. The summed E-state index contributed by atoms with van der Waals surface area (Å²) in [6.07, 6.45) is 4.64. The number of hydrogen-bond acceptors (Lipinski definition) is 7. The SMILES string of the molecule is CC(C)c1ccc([C@](O)(c2cncc(-c3noc(C4(O)CC4)n3)c2)C2(C)CN(C)C2)cc1. The van der Waals surface area contributed by atoms with Gasteiger partial charge in [0.15, 0.2) is 0 Å². The Morgan fingerprint density at radius 3 is 2.38 bits per heavy atom. The molecule has 1 saturated heterocycles. The average molecular weight is 435 g/mol. The molecule has 2 fully saturated rings. The average Bonchev–Trinajstić information content (AvgIpc) is 3.31. The lowest BCUT2D eigenvalue weighted by Crippen LogP contribution is -2.63. The smallest absolute Gasteiger partial charge is 0.258 e. The van der Waals surface area contributed by atoms with Crippen LogP contribution in [0.15, 0.2) is 47.2 Å². The molecular weight excluding hydrogens is 404 g/mol. The first-order chi connectivity index (χ1) is 15.1. The van der Waals surface area contributed by atoms with Gasteiger partial charge in [0.25, 0.3) is 5.89 Å². The molecule has 2 N–H and O–H groups in total. The van der Waals surface area contributed by atoms with Crippen molar-refractivity contribution in [2.45, 2.75) is 50.7 Å². The first-order valence-electron chi connectivity index (χ1n) is 11.2. The summed E-state index contributed by atoms with van der Waals surface area (Å²) in [4.78, 5) is 11.0. The number of aliphatic hydroxyl groups is 2. The maximum absolute atomic E-state index is 12.3. The van der Waals surface area contributed by atoms with Crippen LogP contribution in [0.5, 0.6) is 0 Å². The van der Waals surface area contributed by atoms with Crippen molar-refractivity contribution in [1.29, 1.82) is 0 Å². The van der Waals surface area contributed by atoms with Gasteiger partial charge in [0.1, 0.15) is 11.2 Å². The Hall–Kier alpha value is -2.61. The second-order valence-electron chi connectivity index (χ2n) is 10.1. The van der Waals surface area contributed by atoms with Crippen LogP contribution in [0.1, 0.15) is 62.1 Å². The van der Waals surface area contributed by atoms with Crippen LogP contribution in [-0.2, 0) is 11.2 Å². The molecule has 2 aromatic heterocycles. The van der Waals surface area contributed by atoms with E-state index in [2.05, 4.69) is 60.0 Å². The zero-order valence-corrected chi connectivity index (χ0v) is 19.0. The highest BCUT2D eigenvalue weighted by Crippen LogP contribution is 2.50. The third-order valence-corrected chi connectivity index (χ3v) is 7.07. The third kappa shape index (κ3) is 3.27. The largest absolute Gasteiger partial charge is 0.380 e. The number of likely N-dealkylation sites (tertiary alicyclic amines) is 1. The lowest BCUT2D eigenvalue weighted by atomic mass is 9.62. The van der Waals surface area contributed by atoms with Gasteiger partial charge in [0.05, 0.1) is 0 Å². The quantitative estimate of drug-likeness (QED) is 0.614. The van der Waals surface area contributed by atoms with E-state index in [9.17, 15) is 10.2 Å². The first kappa shape index (κ1) is 21.2. The maximum atomic E-state index is 12.3. The second kappa shape index (κ2) is 7.20. The van der Waals surface area contributed by atoms with Crippen molar-refractivity contribution in [1.82, 2.24) is 20.0 Å². The monoisotopic (exact) mass is 434 g/mol. The normalized spacial score (nSPS) is 21.2. The van der Waals surface area contributed by atoms with Crippen LogP contribution in [0.2, 0.25) is 0 Å². The highest BCUT2D eigenvalue weighted by molar-refractivity contribution is 5.56. The standard InChI is InChI=1S/C25H30N4O3/c1-16(2)17-5-7-19(8-6-17)25(31,23(3)14-29(4)15-23)20-11-18(12-26-13-20)21-27-22(32-28-21)24(30)9-10-24/h5-8,11-13,16,30-31H,9-10,14-15H2,1-4H3/t25-/m0/s1. The molecule has 7 nitrogen and oxygen atoms in total. The molecule has 32 heavy (non-hydrogen) atoms. The molecule has 168 valence electrons. The maximum Gasteiger partial charge on any atom is 0.258 e. The molecular formula is C25H30N4O3. The molecule has 1 atom stereocenters. The van der Waals surface area contributed by atoms with E-state index < -0.39 is 11.2 Å². The van der Waals surface area contributed by atoms with Crippen LogP contribution >= 0.6 is 0 Å². The van der Waals surface area contributed by atoms with Gasteiger partial charge >= 0.3 is 0 Å². The lowest BCUT2D eigenvalue weighted by molar-refractivity contribution is -0.127. The van der Waals surface area contributed by atoms with Crippen molar-refractivity contribution < 1.29 is 14.7 Å². The summed E-state index contributed by atoms with van der Waals surface area (Å²) >= 11 is 0. The zero-order valence-electron chi connectivity index (χ0n) is 19.0. The van der Waals surface area contributed by atoms with Crippen LogP contribution in [0.3, 0.4) is 0 Å². The molecule has 5 rings (SSSR count). The van der Waals surface area contributed by atoms with Gasteiger partial charge in [-0.1, -0.05) is 50.2 Å². The van der Waals surface area contributed by atoms with Crippen molar-refractivity contribution in [3.8, 4) is 11.4 Å². The van der Waals surface area contributed by atoms with E-state index in [0.717, 1.165) is 18.7 Å². The summed E-state index contributed by atoms with van der Waals surface area (Å²) in [6.45, 7) is 7.96. The van der Waals surface area contributed by atoms with E-state index >= 15 is 0 Å². The van der Waals surface area contributed by atoms with E-state index in [1.807, 2.05) is 18.2 Å². The number of pyridine rings is 1. The fraction of sp³-hybridized carbons (Fsp3) is 0.480. The molecule has 7 heteroatoms. The zero-order chi connectivity index (χ0) is 22.7. The molecule has 1 saturated carbocycles. The summed E-state index contributed by atoms with van der Waals surface area (Å²) in [5.41, 5.74) is 0.814. The summed E-state index contributed by atoms with van der Waals surface area (Å²) in [5.74, 6) is 1.02. The molecule has 1 aliphatic carbocycles. The minimum atomic E-state index is -1.24. The van der Waals surface area contributed by atoms with Gasteiger partial charge < -0.3 is 19.6 Å². The molecule has 0 spiro atoms. The summed E-state index contributed by atoms with van der Waals surface area (Å²) in [6, 6.07) is 10.1. The third-order valence-electron chi connectivity index (χ3n) is 7.07. The van der Waals surface area contributed by atoms with Crippen LogP contribution in [0.4, 0.5) is 0 Å². The van der Waals surface area contributed by atoms with Crippen LogP contribution in [0.25, 0.3) is 11.4 Å². The topological polar surface area (TPSA) is 95.5 Å². The Morgan fingerprint density at radius 2 is 1.78 bits per heavy atom. The lowest BCUT2D eigenvalue weighted by Gasteiger charge is -2.55. The van der Waals surface area contributed by atoms with Crippen LogP contribution < -0.4 is 0 Å². The second-order valence-corrected chi connectivity index (χ2v) is 10.1. The molecule has 0 unspecified atom stereocenters. The van der Waals surface area contributed by atoms with Gasteiger partial charge in [-0.2, -0.15) is 4.98 Å². The van der Waals surface area contributed by atoms with Crippen molar-refractivity contribution in [3.05, 3.63) is 65.3 Å². The predicted octanol–water partition coefficient (Wildman–Crippen LogP) is 3.42. The van der Waals surface area contributed by atoms with Crippen molar-refractivity contribution in [3.63, 3.8) is 0 Å². The highest BCUT2D eigenvalue weighted by Gasteiger charge is 2.55. The van der Waals surface area contributed by atoms with Gasteiger partial charge in [-0.15, -0.1) is 0 Å². The molecule has 0 amide bonds. The number of rotatable bonds is 6. The van der Waals surface area contributed by atoms with Gasteiger partial charge in [-0.3, -0.25) is 4.98 Å². The van der Waals surface area contributed by atoms with Crippen LogP contribution in [-0.4, -0.2) is 50.4 Å². The first-order valence-corrected chi connectivity index (χ1v) is 11.2. The van der Waals surface area contributed by atoms with Gasteiger partial charge in [-0.25, -0.2) is 0 Å². The Kier molecular flexibility index (Phi) is 4.78. The molecule has 2 aliphatic rings. The Labute approximate surface area is 188 Å². The van der Waals surface area contributed by atoms with Gasteiger partial charge in [0.2, 0.25) is 5.82 Å². The number of aromatic nitrogens is 3. The van der Waals surface area contributed by atoms with E-state index in [-0.39, 0.29) is 11.3 Å². The van der Waals surface area contributed by atoms with E-state index in [0.29, 0.717) is 35.7 Å². The van der Waals surface area contributed by atoms with Crippen molar-refractivity contribution in [2.75, 3.05) is 20.1 Å².